The van der Waals surface area contributed by atoms with E-state index in [0.29, 0.717) is 0 Å². The molecule has 0 heterocycles. The summed E-state index contributed by atoms with van der Waals surface area (Å²) in [7, 11) is 0. The van der Waals surface area contributed by atoms with Crippen molar-refractivity contribution < 1.29 is 0 Å². The zero-order valence-corrected chi connectivity index (χ0v) is 9.09. The topological polar surface area (TPSA) is 26.0 Å². The molecule has 1 rings (SSSR count). The molecular formula is C13H17N. The van der Waals surface area contributed by atoms with Crippen molar-refractivity contribution in [3.63, 3.8) is 0 Å². The van der Waals surface area contributed by atoms with Gasteiger partial charge in [-0.15, -0.1) is 0 Å². The van der Waals surface area contributed by atoms with E-state index in [1.807, 2.05) is 13.0 Å². The van der Waals surface area contributed by atoms with Gasteiger partial charge in [0.2, 0.25) is 0 Å². The van der Waals surface area contributed by atoms with Gasteiger partial charge in [0.15, 0.2) is 0 Å². The van der Waals surface area contributed by atoms with Crippen molar-refractivity contribution in [3.8, 4) is 0 Å². The zero-order chi connectivity index (χ0) is 10.7. The van der Waals surface area contributed by atoms with Gasteiger partial charge in [-0.3, -0.25) is 0 Å². The van der Waals surface area contributed by atoms with Crippen LogP contribution in [0.3, 0.4) is 0 Å². The summed E-state index contributed by atoms with van der Waals surface area (Å²) in [5.74, 6) is 0. The Bertz CT molecular complexity index is 386. The summed E-state index contributed by atoms with van der Waals surface area (Å²) in [5.41, 5.74) is 11.1. The molecule has 0 spiro atoms. The Balaban J connectivity index is 3.13. The molecule has 2 N–H and O–H groups in total. The van der Waals surface area contributed by atoms with E-state index in [-0.39, 0.29) is 0 Å². The van der Waals surface area contributed by atoms with Crippen LogP contribution in [0, 0.1) is 13.8 Å². The van der Waals surface area contributed by atoms with Crippen LogP contribution in [0.1, 0.15) is 23.6 Å². The molecule has 0 aromatic heterocycles. The van der Waals surface area contributed by atoms with Crippen LogP contribution in [0.25, 0.3) is 6.08 Å². The number of allylic oxidation sites excluding steroid dienone is 1. The van der Waals surface area contributed by atoms with Gasteiger partial charge in [-0.05, 0) is 43.5 Å². The fourth-order valence-electron chi connectivity index (χ4n) is 1.21. The smallest absolute Gasteiger partial charge is 0.0343 e. The first-order valence-electron chi connectivity index (χ1n) is 4.71. The fourth-order valence-corrected chi connectivity index (χ4v) is 1.21. The van der Waals surface area contributed by atoms with Crippen molar-refractivity contribution in [2.75, 3.05) is 0 Å². The summed E-state index contributed by atoms with van der Waals surface area (Å²) in [6.07, 6.45) is 1.98. The molecule has 0 aliphatic heterocycles. The summed E-state index contributed by atoms with van der Waals surface area (Å²) in [5, 5.41) is 0. The maximum atomic E-state index is 5.83. The Morgan fingerprint density at radius 2 is 2.00 bits per heavy atom. The van der Waals surface area contributed by atoms with Crippen molar-refractivity contribution in [2.24, 2.45) is 5.73 Å². The van der Waals surface area contributed by atoms with Gasteiger partial charge in [0.05, 0.1) is 0 Å². The Morgan fingerprint density at radius 1 is 1.36 bits per heavy atom. The van der Waals surface area contributed by atoms with Gasteiger partial charge in [0.1, 0.15) is 0 Å². The fraction of sp³-hybridized carbons (Fsp3) is 0.231. The third kappa shape index (κ3) is 2.49. The lowest BCUT2D eigenvalue weighted by atomic mass is 10.0. The molecule has 0 aliphatic carbocycles. The maximum Gasteiger partial charge on any atom is 0.0343 e. The van der Waals surface area contributed by atoms with E-state index in [1.54, 1.807) is 0 Å². The standard InChI is InChI=1S/C13H17N/c1-9(2)13(14)8-12-7-10(3)5-6-11(12)4/h5-8H,1,14H2,2-4H3/b13-8-. The van der Waals surface area contributed by atoms with Crippen molar-refractivity contribution in [1.29, 1.82) is 0 Å². The van der Waals surface area contributed by atoms with Gasteiger partial charge in [0, 0.05) is 5.70 Å². The van der Waals surface area contributed by atoms with Crippen LogP contribution in [-0.2, 0) is 0 Å². The van der Waals surface area contributed by atoms with Gasteiger partial charge >= 0.3 is 0 Å². The highest BCUT2D eigenvalue weighted by atomic mass is 14.6. The van der Waals surface area contributed by atoms with E-state index in [1.165, 1.54) is 16.7 Å². The molecule has 0 saturated heterocycles. The van der Waals surface area contributed by atoms with Gasteiger partial charge in [-0.2, -0.15) is 0 Å². The van der Waals surface area contributed by atoms with Crippen molar-refractivity contribution in [3.05, 3.63) is 52.7 Å². The average molecular weight is 187 g/mol. The monoisotopic (exact) mass is 187 g/mol. The molecule has 0 radical (unpaired) electrons. The van der Waals surface area contributed by atoms with E-state index < -0.39 is 0 Å². The van der Waals surface area contributed by atoms with Gasteiger partial charge in [-0.1, -0.05) is 30.3 Å². The second-order valence-electron chi connectivity index (χ2n) is 3.74. The highest BCUT2D eigenvalue weighted by molar-refractivity contribution is 5.60. The number of nitrogens with two attached hydrogens (primary N) is 1. The van der Waals surface area contributed by atoms with E-state index in [2.05, 4.69) is 38.6 Å². The van der Waals surface area contributed by atoms with Crippen molar-refractivity contribution >= 4 is 6.08 Å². The Labute approximate surface area is 85.9 Å². The molecule has 74 valence electrons. The predicted octanol–water partition coefficient (Wildman–Crippen LogP) is 3.18. The molecule has 0 bridgehead atoms. The molecule has 1 heteroatoms. The average Bonchev–Trinajstić information content (AvgIpc) is 2.11. The normalized spacial score (nSPS) is 11.5. The largest absolute Gasteiger partial charge is 0.399 e. The summed E-state index contributed by atoms with van der Waals surface area (Å²) in [4.78, 5) is 0. The van der Waals surface area contributed by atoms with Gasteiger partial charge in [-0.25, -0.2) is 0 Å². The predicted molar refractivity (Wildman–Crippen MR) is 62.9 cm³/mol. The lowest BCUT2D eigenvalue weighted by molar-refractivity contribution is 1.31. The summed E-state index contributed by atoms with van der Waals surface area (Å²) < 4.78 is 0. The SMILES string of the molecule is C=C(C)/C(N)=C/c1cc(C)ccc1C. The third-order valence-electron chi connectivity index (χ3n) is 2.24. The summed E-state index contributed by atoms with van der Waals surface area (Å²) >= 11 is 0. The number of aryl methyl sites for hydroxylation is 2. The van der Waals surface area contributed by atoms with Crippen molar-refractivity contribution in [1.82, 2.24) is 0 Å². The first-order valence-corrected chi connectivity index (χ1v) is 4.71. The Morgan fingerprint density at radius 3 is 2.57 bits per heavy atom. The van der Waals surface area contributed by atoms with E-state index >= 15 is 0 Å². The van der Waals surface area contributed by atoms with Crippen LogP contribution in [0.2, 0.25) is 0 Å². The summed E-state index contributed by atoms with van der Waals surface area (Å²) in [6.45, 7) is 9.88. The van der Waals surface area contributed by atoms with E-state index in [4.69, 9.17) is 5.73 Å². The minimum absolute atomic E-state index is 0.749. The molecule has 0 fully saturated rings. The van der Waals surface area contributed by atoms with E-state index in [0.717, 1.165) is 11.3 Å². The third-order valence-corrected chi connectivity index (χ3v) is 2.24. The lowest BCUT2D eigenvalue weighted by Gasteiger charge is -2.04. The number of rotatable bonds is 2. The molecule has 0 unspecified atom stereocenters. The van der Waals surface area contributed by atoms with Gasteiger partial charge in [0.25, 0.3) is 0 Å². The van der Waals surface area contributed by atoms with Crippen molar-refractivity contribution in [2.45, 2.75) is 20.8 Å². The maximum absolute atomic E-state index is 5.83. The molecule has 14 heavy (non-hydrogen) atoms. The summed E-state index contributed by atoms with van der Waals surface area (Å²) in [6, 6.07) is 6.33. The first-order chi connectivity index (χ1) is 6.50. The molecule has 1 aromatic carbocycles. The zero-order valence-electron chi connectivity index (χ0n) is 9.09. The highest BCUT2D eigenvalue weighted by Crippen LogP contribution is 2.15. The number of benzene rings is 1. The lowest BCUT2D eigenvalue weighted by Crippen LogP contribution is -1.97. The Kier molecular flexibility index (Phi) is 3.13. The van der Waals surface area contributed by atoms with Crippen LogP contribution in [0.5, 0.6) is 0 Å². The van der Waals surface area contributed by atoms with Crippen LogP contribution in [-0.4, -0.2) is 0 Å². The highest BCUT2D eigenvalue weighted by Gasteiger charge is 1.97. The second-order valence-corrected chi connectivity index (χ2v) is 3.74. The number of hydrogen-bond donors (Lipinski definition) is 1. The van der Waals surface area contributed by atoms with Crippen LogP contribution < -0.4 is 5.73 Å². The molecule has 0 amide bonds. The minimum atomic E-state index is 0.749. The molecule has 0 aliphatic rings. The number of hydrogen-bond acceptors (Lipinski definition) is 1. The van der Waals surface area contributed by atoms with Crippen LogP contribution >= 0.6 is 0 Å². The molecule has 1 aromatic rings. The van der Waals surface area contributed by atoms with E-state index in [9.17, 15) is 0 Å². The molecule has 1 nitrogen and oxygen atoms in total. The van der Waals surface area contributed by atoms with Crippen LogP contribution in [0.15, 0.2) is 36.0 Å². The molecule has 0 saturated carbocycles. The quantitative estimate of drug-likeness (QED) is 0.707. The first kappa shape index (κ1) is 10.6. The second kappa shape index (κ2) is 4.14. The molecular weight excluding hydrogens is 170 g/mol. The molecule has 0 atom stereocenters. The van der Waals surface area contributed by atoms with Crippen LogP contribution in [0.4, 0.5) is 0 Å². The Hall–Kier alpha value is -1.50. The van der Waals surface area contributed by atoms with Gasteiger partial charge < -0.3 is 5.73 Å². The minimum Gasteiger partial charge on any atom is -0.399 e.